The Morgan fingerprint density at radius 2 is 0.977 bits per heavy atom. The highest BCUT2D eigenvalue weighted by Crippen LogP contribution is 2.36. The van der Waals surface area contributed by atoms with Crippen LogP contribution < -0.4 is 0 Å². The van der Waals surface area contributed by atoms with Crippen molar-refractivity contribution < 1.29 is 37.9 Å². The van der Waals surface area contributed by atoms with E-state index < -0.39 is 32.5 Å². The van der Waals surface area contributed by atoms with Crippen LogP contribution in [0, 0.1) is 0 Å². The Bertz CT molecular complexity index is 721. The Balaban J connectivity index is 4.01. The maximum absolute atomic E-state index is 12.3. The first-order chi connectivity index (χ1) is 20.8. The van der Waals surface area contributed by atoms with E-state index in [0.29, 0.717) is 12.8 Å². The molecular weight excluding hydrogens is 567 g/mol. The summed E-state index contributed by atoms with van der Waals surface area (Å²) in [6, 6.07) is 0. The van der Waals surface area contributed by atoms with Gasteiger partial charge in [0, 0.05) is 12.8 Å². The van der Waals surface area contributed by atoms with Crippen LogP contribution in [-0.2, 0) is 28.2 Å². The van der Waals surface area contributed by atoms with Crippen molar-refractivity contribution in [2.45, 2.75) is 180 Å². The molecule has 2 N–H and O–H groups in total. The van der Waals surface area contributed by atoms with Gasteiger partial charge in [-0.25, -0.2) is 4.57 Å². The predicted octanol–water partition coefficient (Wildman–Crippen LogP) is 9.90. The summed E-state index contributed by atoms with van der Waals surface area (Å²) in [6.45, 7) is 3.64. The summed E-state index contributed by atoms with van der Waals surface area (Å²) in [5.74, 6) is -0.899. The van der Waals surface area contributed by atoms with Crippen LogP contribution >= 0.6 is 7.82 Å². The predicted molar refractivity (Wildman–Crippen MR) is 175 cm³/mol. The zero-order valence-corrected chi connectivity index (χ0v) is 28.5. The largest absolute Gasteiger partial charge is 0.469 e. The van der Waals surface area contributed by atoms with Gasteiger partial charge in [-0.3, -0.25) is 14.1 Å². The van der Waals surface area contributed by atoms with Gasteiger partial charge in [-0.05, 0) is 38.5 Å². The van der Waals surface area contributed by atoms with Gasteiger partial charge in [0.25, 0.3) is 0 Å². The molecule has 0 saturated heterocycles. The van der Waals surface area contributed by atoms with Crippen LogP contribution in [0.5, 0.6) is 0 Å². The molecule has 0 amide bonds. The Labute approximate surface area is 263 Å². The van der Waals surface area contributed by atoms with E-state index in [9.17, 15) is 14.2 Å². The highest BCUT2D eigenvalue weighted by Gasteiger charge is 2.22. The second kappa shape index (κ2) is 30.8. The molecule has 0 aliphatic rings. The van der Waals surface area contributed by atoms with Crippen LogP contribution in [0.15, 0.2) is 12.2 Å². The van der Waals surface area contributed by atoms with E-state index in [1.165, 1.54) is 89.9 Å². The SMILES string of the molecule is CCCCCCCC/C=C/CCCCCC(=O)OC[C@H](COP(=O)(O)O)OC(=O)CCCCCCCCCCCCCC. The van der Waals surface area contributed by atoms with Crippen LogP contribution in [0.1, 0.15) is 174 Å². The lowest BCUT2D eigenvalue weighted by atomic mass is 10.0. The number of carbonyl (C=O) groups is 2. The molecule has 43 heavy (non-hydrogen) atoms. The average Bonchev–Trinajstić information content (AvgIpc) is 2.97. The third-order valence-electron chi connectivity index (χ3n) is 7.53. The molecule has 0 aliphatic carbocycles. The van der Waals surface area contributed by atoms with Gasteiger partial charge in [-0.2, -0.15) is 0 Å². The summed E-state index contributed by atoms with van der Waals surface area (Å²) >= 11 is 0. The standard InChI is InChI=1S/C34H65O8P/c1-3-5-7-9-11-13-15-17-19-20-22-24-26-28-33(35)40-30-32(31-41-43(37,38)39)42-34(36)29-27-25-23-21-18-16-14-12-10-8-6-4-2/h17,19,32H,3-16,18,20-31H2,1-2H3,(H2,37,38,39)/b19-17+/t32-/m1/s1. The molecule has 0 spiro atoms. The highest BCUT2D eigenvalue weighted by atomic mass is 31.2. The number of carbonyl (C=O) groups excluding carboxylic acids is 2. The number of phosphoric ester groups is 1. The third-order valence-corrected chi connectivity index (χ3v) is 8.02. The second-order valence-corrected chi connectivity index (χ2v) is 13.1. The molecule has 9 heteroatoms. The Hall–Kier alpha value is -1.21. The first-order valence-electron chi connectivity index (χ1n) is 17.5. The number of allylic oxidation sites excluding steroid dienone is 2. The quantitative estimate of drug-likeness (QED) is 0.0325. The van der Waals surface area contributed by atoms with Crippen molar-refractivity contribution in [3.8, 4) is 0 Å². The zero-order valence-electron chi connectivity index (χ0n) is 27.6. The molecule has 0 aromatic rings. The van der Waals surface area contributed by atoms with Crippen molar-refractivity contribution in [3.05, 3.63) is 12.2 Å². The van der Waals surface area contributed by atoms with Crippen molar-refractivity contribution in [2.24, 2.45) is 0 Å². The summed E-state index contributed by atoms with van der Waals surface area (Å²) in [4.78, 5) is 42.5. The molecule has 8 nitrogen and oxygen atoms in total. The number of unbranched alkanes of at least 4 members (excludes halogenated alkanes) is 20. The molecule has 0 aromatic carbocycles. The molecule has 0 fully saturated rings. The van der Waals surface area contributed by atoms with Gasteiger partial charge in [-0.1, -0.05) is 135 Å². The van der Waals surface area contributed by atoms with Crippen molar-refractivity contribution in [2.75, 3.05) is 13.2 Å². The lowest BCUT2D eigenvalue weighted by Crippen LogP contribution is -2.29. The van der Waals surface area contributed by atoms with Crippen molar-refractivity contribution in [1.82, 2.24) is 0 Å². The van der Waals surface area contributed by atoms with E-state index in [1.807, 2.05) is 0 Å². The van der Waals surface area contributed by atoms with Gasteiger partial charge in [0.15, 0.2) is 6.10 Å². The molecule has 1 atom stereocenters. The minimum absolute atomic E-state index is 0.213. The molecule has 0 rings (SSSR count). The Morgan fingerprint density at radius 3 is 1.44 bits per heavy atom. The molecule has 0 unspecified atom stereocenters. The lowest BCUT2D eigenvalue weighted by molar-refractivity contribution is -0.161. The topological polar surface area (TPSA) is 119 Å². The fraction of sp³-hybridized carbons (Fsp3) is 0.882. The molecule has 0 aliphatic heterocycles. The van der Waals surface area contributed by atoms with Crippen molar-refractivity contribution >= 4 is 19.8 Å². The minimum atomic E-state index is -4.74. The highest BCUT2D eigenvalue weighted by molar-refractivity contribution is 7.46. The summed E-state index contributed by atoms with van der Waals surface area (Å²) < 4.78 is 26.2. The van der Waals surface area contributed by atoms with Gasteiger partial charge in [0.05, 0.1) is 6.61 Å². The van der Waals surface area contributed by atoms with Gasteiger partial charge in [0.1, 0.15) is 6.61 Å². The smallest absolute Gasteiger partial charge is 0.462 e. The van der Waals surface area contributed by atoms with E-state index >= 15 is 0 Å². The lowest BCUT2D eigenvalue weighted by Gasteiger charge is -2.18. The maximum Gasteiger partial charge on any atom is 0.469 e. The first kappa shape index (κ1) is 41.8. The summed E-state index contributed by atoms with van der Waals surface area (Å²) in [6.07, 6.45) is 30.8. The van der Waals surface area contributed by atoms with Crippen LogP contribution in [0.2, 0.25) is 0 Å². The fourth-order valence-corrected chi connectivity index (χ4v) is 5.26. The fourth-order valence-electron chi connectivity index (χ4n) is 4.90. The van der Waals surface area contributed by atoms with Gasteiger partial charge < -0.3 is 19.3 Å². The number of ether oxygens (including phenoxy) is 2. The van der Waals surface area contributed by atoms with E-state index in [4.69, 9.17) is 19.3 Å². The molecule has 254 valence electrons. The van der Waals surface area contributed by atoms with Crippen LogP contribution in [0.3, 0.4) is 0 Å². The summed E-state index contributed by atoms with van der Waals surface area (Å²) in [5, 5.41) is 0. The Morgan fingerprint density at radius 1 is 0.581 bits per heavy atom. The first-order valence-corrected chi connectivity index (χ1v) is 19.0. The third kappa shape index (κ3) is 33.5. The number of hydrogen-bond acceptors (Lipinski definition) is 6. The van der Waals surface area contributed by atoms with E-state index in [1.54, 1.807) is 0 Å². The molecular formula is C34H65O8P. The van der Waals surface area contributed by atoms with E-state index in [0.717, 1.165) is 44.9 Å². The van der Waals surface area contributed by atoms with Crippen LogP contribution in [0.25, 0.3) is 0 Å². The normalized spacial score (nSPS) is 12.6. The summed E-state index contributed by atoms with van der Waals surface area (Å²) in [7, 11) is -4.74. The Kier molecular flexibility index (Phi) is 29.9. The van der Waals surface area contributed by atoms with Crippen LogP contribution in [0.4, 0.5) is 0 Å². The van der Waals surface area contributed by atoms with Gasteiger partial charge >= 0.3 is 19.8 Å². The molecule has 0 radical (unpaired) electrons. The number of phosphoric acid groups is 1. The van der Waals surface area contributed by atoms with E-state index in [-0.39, 0.29) is 19.4 Å². The molecule has 0 heterocycles. The number of esters is 2. The van der Waals surface area contributed by atoms with Gasteiger partial charge in [0.2, 0.25) is 0 Å². The molecule has 0 saturated carbocycles. The molecule has 0 aromatic heterocycles. The van der Waals surface area contributed by atoms with E-state index in [2.05, 4.69) is 30.5 Å². The monoisotopic (exact) mass is 632 g/mol. The number of rotatable bonds is 32. The second-order valence-electron chi connectivity index (χ2n) is 11.8. The number of hydrogen-bond donors (Lipinski definition) is 2. The van der Waals surface area contributed by atoms with Crippen LogP contribution in [-0.4, -0.2) is 41.0 Å². The van der Waals surface area contributed by atoms with Crippen molar-refractivity contribution in [1.29, 1.82) is 0 Å². The zero-order chi connectivity index (χ0) is 31.9. The van der Waals surface area contributed by atoms with Gasteiger partial charge in [-0.15, -0.1) is 0 Å². The minimum Gasteiger partial charge on any atom is -0.462 e. The maximum atomic E-state index is 12.3. The van der Waals surface area contributed by atoms with Crippen molar-refractivity contribution in [3.63, 3.8) is 0 Å². The average molecular weight is 633 g/mol. The summed E-state index contributed by atoms with van der Waals surface area (Å²) in [5.41, 5.74) is 0. The molecule has 0 bridgehead atoms.